The maximum absolute atomic E-state index is 12.2. The van der Waals surface area contributed by atoms with Crippen molar-refractivity contribution in [1.82, 2.24) is 15.3 Å². The quantitative estimate of drug-likeness (QED) is 0.701. The molecule has 0 atom stereocenters. The fourth-order valence-corrected chi connectivity index (χ4v) is 2.91. The first kappa shape index (κ1) is 12.3. The Hall–Kier alpha value is -2.46. The number of hydrogen-bond donors (Lipinski definition) is 1. The normalized spacial score (nSPS) is 13.6. The molecule has 1 aliphatic rings. The average Bonchev–Trinajstić information content (AvgIpc) is 2.50. The summed E-state index contributed by atoms with van der Waals surface area (Å²) in [6.45, 7) is 0. The summed E-state index contributed by atoms with van der Waals surface area (Å²) in [4.78, 5) is 21.4. The molecule has 0 unspecified atom stereocenters. The predicted molar refractivity (Wildman–Crippen MR) is 83.4 cm³/mol. The van der Waals surface area contributed by atoms with Crippen LogP contribution in [0.5, 0.6) is 0 Å². The topological polar surface area (TPSA) is 54.9 Å². The fraction of sp³-hybridized carbons (Fsp3) is 0.0625. The lowest BCUT2D eigenvalue weighted by Gasteiger charge is -2.17. The lowest BCUT2D eigenvalue weighted by atomic mass is 9.95. The summed E-state index contributed by atoms with van der Waals surface area (Å²) in [5.41, 5.74) is 3.62. The highest BCUT2D eigenvalue weighted by molar-refractivity contribution is 6.31. The minimum absolute atomic E-state index is 0.0330. The summed E-state index contributed by atoms with van der Waals surface area (Å²) in [6, 6.07) is 7.25. The van der Waals surface area contributed by atoms with Crippen LogP contribution in [-0.2, 0) is 0 Å². The molecule has 2 aromatic heterocycles. The van der Waals surface area contributed by atoms with Crippen LogP contribution in [-0.4, -0.2) is 22.8 Å². The number of nitrogens with one attached hydrogen (secondary N) is 1. The first-order chi connectivity index (χ1) is 10.2. The van der Waals surface area contributed by atoms with E-state index in [1.165, 1.54) is 0 Å². The molecule has 4 rings (SSSR count). The number of carbonyl (C=O) groups is 1. The van der Waals surface area contributed by atoms with Gasteiger partial charge in [0.25, 0.3) is 0 Å². The second-order valence-corrected chi connectivity index (χ2v) is 5.31. The number of allylic oxidation sites excluding steroid dienone is 1. The SMILES string of the molecule is CNC1=CC(=O)c2ccnc3c2c1nc1cc(Cl)ccc13. The van der Waals surface area contributed by atoms with Crippen molar-refractivity contribution >= 4 is 44.9 Å². The van der Waals surface area contributed by atoms with E-state index in [-0.39, 0.29) is 5.78 Å². The molecule has 0 fully saturated rings. The monoisotopic (exact) mass is 295 g/mol. The van der Waals surface area contributed by atoms with E-state index in [2.05, 4.69) is 15.3 Å². The van der Waals surface area contributed by atoms with Gasteiger partial charge in [0, 0.05) is 40.7 Å². The number of hydrogen-bond acceptors (Lipinski definition) is 4. The summed E-state index contributed by atoms with van der Waals surface area (Å²) in [5.74, 6) is -0.0330. The van der Waals surface area contributed by atoms with E-state index in [9.17, 15) is 4.79 Å². The van der Waals surface area contributed by atoms with Crippen molar-refractivity contribution in [3.05, 3.63) is 52.8 Å². The second kappa shape index (κ2) is 4.27. The predicted octanol–water partition coefficient (Wildman–Crippen LogP) is 3.19. The van der Waals surface area contributed by atoms with Gasteiger partial charge in [0.15, 0.2) is 5.78 Å². The Bertz CT molecular complexity index is 963. The van der Waals surface area contributed by atoms with Gasteiger partial charge in [-0.25, -0.2) is 4.98 Å². The maximum atomic E-state index is 12.2. The van der Waals surface area contributed by atoms with E-state index < -0.39 is 0 Å². The van der Waals surface area contributed by atoms with Crippen LogP contribution in [0, 0.1) is 0 Å². The van der Waals surface area contributed by atoms with Crippen molar-refractivity contribution in [2.45, 2.75) is 0 Å². The third-order valence-corrected chi connectivity index (χ3v) is 3.94. The van der Waals surface area contributed by atoms with Crippen molar-refractivity contribution < 1.29 is 4.79 Å². The molecule has 4 nitrogen and oxygen atoms in total. The molecule has 0 bridgehead atoms. The Kier molecular flexibility index (Phi) is 2.50. The number of benzene rings is 1. The van der Waals surface area contributed by atoms with Crippen LogP contribution in [0.1, 0.15) is 16.1 Å². The van der Waals surface area contributed by atoms with Gasteiger partial charge >= 0.3 is 0 Å². The molecule has 0 spiro atoms. The fourth-order valence-electron chi connectivity index (χ4n) is 2.75. The molecule has 1 N–H and O–H groups in total. The molecule has 5 heteroatoms. The Morgan fingerprint density at radius 1 is 1.24 bits per heavy atom. The minimum atomic E-state index is -0.0330. The van der Waals surface area contributed by atoms with Gasteiger partial charge in [-0.2, -0.15) is 0 Å². The minimum Gasteiger partial charge on any atom is -0.386 e. The highest BCUT2D eigenvalue weighted by Crippen LogP contribution is 2.34. The van der Waals surface area contributed by atoms with E-state index in [1.54, 1.807) is 31.5 Å². The van der Waals surface area contributed by atoms with Crippen LogP contribution in [0.3, 0.4) is 0 Å². The number of ketones is 1. The third kappa shape index (κ3) is 1.66. The highest BCUT2D eigenvalue weighted by Gasteiger charge is 2.23. The lowest BCUT2D eigenvalue weighted by Crippen LogP contribution is -2.15. The maximum Gasteiger partial charge on any atom is 0.188 e. The van der Waals surface area contributed by atoms with E-state index >= 15 is 0 Å². The summed E-state index contributed by atoms with van der Waals surface area (Å²) in [5, 5.41) is 5.35. The largest absolute Gasteiger partial charge is 0.386 e. The highest BCUT2D eigenvalue weighted by atomic mass is 35.5. The molecule has 2 heterocycles. The van der Waals surface area contributed by atoms with Crippen molar-refractivity contribution in [3.8, 4) is 0 Å². The van der Waals surface area contributed by atoms with Crippen LogP contribution in [0.15, 0.2) is 36.5 Å². The number of halogens is 1. The molecule has 0 saturated heterocycles. The average molecular weight is 296 g/mol. The number of pyridine rings is 2. The summed E-state index contributed by atoms with van der Waals surface area (Å²) in [6.07, 6.45) is 3.23. The first-order valence-electron chi connectivity index (χ1n) is 6.51. The number of rotatable bonds is 1. The first-order valence-corrected chi connectivity index (χ1v) is 6.89. The Morgan fingerprint density at radius 3 is 2.90 bits per heavy atom. The summed E-state index contributed by atoms with van der Waals surface area (Å²) >= 11 is 6.06. The standard InChI is InChI=1S/C16H10ClN3O/c1-18-12-7-13(21)10-4-5-19-15-9-3-2-8(17)6-11(9)20-16(12)14(10)15/h2-7,18H,1H3. The van der Waals surface area contributed by atoms with Gasteiger partial charge in [0.1, 0.15) is 0 Å². The number of nitrogens with zero attached hydrogens (tertiary/aromatic N) is 2. The molecule has 0 saturated carbocycles. The van der Waals surface area contributed by atoms with Gasteiger partial charge in [-0.15, -0.1) is 0 Å². The molecule has 1 aromatic carbocycles. The molecule has 102 valence electrons. The van der Waals surface area contributed by atoms with Gasteiger partial charge in [-0.05, 0) is 24.3 Å². The van der Waals surface area contributed by atoms with Gasteiger partial charge in [-0.1, -0.05) is 11.6 Å². The van der Waals surface area contributed by atoms with E-state index in [4.69, 9.17) is 11.6 Å². The van der Waals surface area contributed by atoms with Gasteiger partial charge in [0.2, 0.25) is 0 Å². The lowest BCUT2D eigenvalue weighted by molar-refractivity contribution is 0.104. The molecule has 3 aromatic rings. The zero-order chi connectivity index (χ0) is 14.6. The number of aromatic nitrogens is 2. The van der Waals surface area contributed by atoms with Crippen molar-refractivity contribution in [1.29, 1.82) is 0 Å². The molecular weight excluding hydrogens is 286 g/mol. The van der Waals surface area contributed by atoms with E-state index in [0.29, 0.717) is 16.3 Å². The number of carbonyl (C=O) groups excluding carboxylic acids is 1. The van der Waals surface area contributed by atoms with Crippen LogP contribution in [0.4, 0.5) is 0 Å². The molecule has 1 aliphatic carbocycles. The molecular formula is C16H10ClN3O. The summed E-state index contributed by atoms with van der Waals surface area (Å²) in [7, 11) is 1.77. The van der Waals surface area contributed by atoms with Gasteiger partial charge in [0.05, 0.1) is 22.4 Å². The Morgan fingerprint density at radius 2 is 2.10 bits per heavy atom. The molecule has 0 radical (unpaired) electrons. The van der Waals surface area contributed by atoms with E-state index in [0.717, 1.165) is 27.5 Å². The van der Waals surface area contributed by atoms with Crippen LogP contribution >= 0.6 is 11.6 Å². The van der Waals surface area contributed by atoms with E-state index in [1.807, 2.05) is 12.1 Å². The van der Waals surface area contributed by atoms with Crippen LogP contribution in [0.2, 0.25) is 5.02 Å². The molecule has 21 heavy (non-hydrogen) atoms. The zero-order valence-electron chi connectivity index (χ0n) is 11.1. The second-order valence-electron chi connectivity index (χ2n) is 4.88. The van der Waals surface area contributed by atoms with Gasteiger partial charge in [-0.3, -0.25) is 9.78 Å². The van der Waals surface area contributed by atoms with Crippen LogP contribution in [0.25, 0.3) is 27.5 Å². The Balaban J connectivity index is 2.27. The number of fused-ring (bicyclic) bond motifs is 2. The zero-order valence-corrected chi connectivity index (χ0v) is 11.9. The summed E-state index contributed by atoms with van der Waals surface area (Å²) < 4.78 is 0. The van der Waals surface area contributed by atoms with Crippen molar-refractivity contribution in [2.75, 3.05) is 7.05 Å². The van der Waals surface area contributed by atoms with Gasteiger partial charge < -0.3 is 5.32 Å². The molecule has 0 amide bonds. The van der Waals surface area contributed by atoms with Crippen molar-refractivity contribution in [3.63, 3.8) is 0 Å². The third-order valence-electron chi connectivity index (χ3n) is 3.70. The van der Waals surface area contributed by atoms with Crippen molar-refractivity contribution in [2.24, 2.45) is 0 Å². The molecule has 0 aliphatic heterocycles. The van der Waals surface area contributed by atoms with Crippen LogP contribution < -0.4 is 5.32 Å². The Labute approximate surface area is 125 Å². The smallest absolute Gasteiger partial charge is 0.188 e.